The summed E-state index contributed by atoms with van der Waals surface area (Å²) in [5, 5.41) is 5.86. The van der Waals surface area contributed by atoms with Gasteiger partial charge < -0.3 is 15.6 Å². The predicted molar refractivity (Wildman–Crippen MR) is 96.0 cm³/mol. The van der Waals surface area contributed by atoms with E-state index in [4.69, 9.17) is 0 Å². The molecule has 0 aliphatic heterocycles. The number of halogens is 1. The van der Waals surface area contributed by atoms with E-state index in [0.717, 1.165) is 25.5 Å². The minimum Gasteiger partial charge on any atom is -0.345 e. The molecule has 2 fully saturated rings. The van der Waals surface area contributed by atoms with Gasteiger partial charge in [0.15, 0.2) is 0 Å². The van der Waals surface area contributed by atoms with E-state index in [1.807, 2.05) is 0 Å². The van der Waals surface area contributed by atoms with Crippen LogP contribution in [0, 0.1) is 11.2 Å². The van der Waals surface area contributed by atoms with Crippen molar-refractivity contribution < 1.29 is 14.0 Å². The molecule has 2 amide bonds. The van der Waals surface area contributed by atoms with Crippen LogP contribution in [0.4, 0.5) is 10.1 Å². The highest BCUT2D eigenvalue weighted by molar-refractivity contribution is 6.40. The monoisotopic (exact) mass is 358 g/mol. The maximum atomic E-state index is 13.4. The fraction of sp³-hybridized carbons (Fsp3) is 0.526. The molecule has 3 N–H and O–H groups in total. The van der Waals surface area contributed by atoms with Crippen LogP contribution in [0.5, 0.6) is 0 Å². The molecule has 0 bridgehead atoms. The number of aromatic nitrogens is 2. The van der Waals surface area contributed by atoms with E-state index in [2.05, 4.69) is 20.6 Å². The SMILES string of the molecule is O=C(Nc1c[nH]c2ncc(F)cc12)C(=O)N[C@H]1CCC2(CCCCC2)C1. The van der Waals surface area contributed by atoms with Crippen LogP contribution in [0.15, 0.2) is 18.5 Å². The largest absolute Gasteiger partial charge is 0.345 e. The quantitative estimate of drug-likeness (QED) is 0.720. The molecule has 0 aromatic carbocycles. The van der Waals surface area contributed by atoms with Crippen molar-refractivity contribution in [3.8, 4) is 0 Å². The summed E-state index contributed by atoms with van der Waals surface area (Å²) < 4.78 is 13.4. The first-order chi connectivity index (χ1) is 12.5. The van der Waals surface area contributed by atoms with Gasteiger partial charge in [-0.25, -0.2) is 9.37 Å². The van der Waals surface area contributed by atoms with E-state index in [9.17, 15) is 14.0 Å². The van der Waals surface area contributed by atoms with Crippen LogP contribution in [0.1, 0.15) is 51.4 Å². The number of amides is 2. The van der Waals surface area contributed by atoms with E-state index in [1.165, 1.54) is 44.4 Å². The lowest BCUT2D eigenvalue weighted by molar-refractivity contribution is -0.136. The third-order valence-corrected chi connectivity index (χ3v) is 5.90. The number of rotatable bonds is 2. The van der Waals surface area contributed by atoms with Crippen LogP contribution < -0.4 is 10.6 Å². The van der Waals surface area contributed by atoms with Crippen LogP contribution in [-0.2, 0) is 9.59 Å². The van der Waals surface area contributed by atoms with Crippen LogP contribution in [0.25, 0.3) is 11.0 Å². The molecule has 2 aromatic rings. The Kier molecular flexibility index (Phi) is 4.38. The van der Waals surface area contributed by atoms with E-state index >= 15 is 0 Å². The van der Waals surface area contributed by atoms with Gasteiger partial charge in [0.25, 0.3) is 0 Å². The number of anilines is 1. The average molecular weight is 358 g/mol. The zero-order valence-corrected chi connectivity index (χ0v) is 14.6. The van der Waals surface area contributed by atoms with Gasteiger partial charge in [0.1, 0.15) is 11.5 Å². The van der Waals surface area contributed by atoms with Crippen LogP contribution in [0.3, 0.4) is 0 Å². The molecular formula is C19H23FN4O2. The average Bonchev–Trinajstić information content (AvgIpc) is 3.20. The van der Waals surface area contributed by atoms with Crippen molar-refractivity contribution in [2.24, 2.45) is 5.41 Å². The summed E-state index contributed by atoms with van der Waals surface area (Å²) in [5.74, 6) is -1.87. The minimum absolute atomic E-state index is 0.0634. The van der Waals surface area contributed by atoms with Crippen LogP contribution in [0.2, 0.25) is 0 Å². The topological polar surface area (TPSA) is 86.9 Å². The summed E-state index contributed by atoms with van der Waals surface area (Å²) >= 11 is 0. The Morgan fingerprint density at radius 1 is 1.19 bits per heavy atom. The van der Waals surface area contributed by atoms with Gasteiger partial charge >= 0.3 is 11.8 Å². The molecule has 2 heterocycles. The molecule has 138 valence electrons. The number of aromatic amines is 1. The smallest absolute Gasteiger partial charge is 0.313 e. The number of fused-ring (bicyclic) bond motifs is 1. The second-order valence-corrected chi connectivity index (χ2v) is 7.68. The second-order valence-electron chi connectivity index (χ2n) is 7.68. The fourth-order valence-corrected chi connectivity index (χ4v) is 4.60. The molecule has 2 aliphatic carbocycles. The van der Waals surface area contributed by atoms with Gasteiger partial charge in [-0.15, -0.1) is 0 Å². The van der Waals surface area contributed by atoms with Gasteiger partial charge in [-0.05, 0) is 43.6 Å². The number of H-pyrrole nitrogens is 1. The summed E-state index contributed by atoms with van der Waals surface area (Å²) in [5.41, 5.74) is 1.17. The molecule has 2 saturated carbocycles. The molecule has 0 saturated heterocycles. The Hall–Kier alpha value is -2.44. The van der Waals surface area contributed by atoms with E-state index in [-0.39, 0.29) is 6.04 Å². The summed E-state index contributed by atoms with van der Waals surface area (Å²) in [6.45, 7) is 0. The number of carbonyl (C=O) groups excluding carboxylic acids is 2. The zero-order valence-electron chi connectivity index (χ0n) is 14.6. The Morgan fingerprint density at radius 2 is 2.00 bits per heavy atom. The van der Waals surface area contributed by atoms with Crippen molar-refractivity contribution in [1.29, 1.82) is 0 Å². The van der Waals surface area contributed by atoms with Gasteiger partial charge in [0.05, 0.1) is 11.9 Å². The summed E-state index contributed by atoms with van der Waals surface area (Å²) in [7, 11) is 0. The van der Waals surface area contributed by atoms with Crippen LogP contribution >= 0.6 is 0 Å². The fourth-order valence-electron chi connectivity index (χ4n) is 4.60. The van der Waals surface area contributed by atoms with Gasteiger partial charge in [-0.1, -0.05) is 19.3 Å². The standard InChI is InChI=1S/C19H23FN4O2/c20-12-8-14-15(11-22-16(14)21-10-12)24-18(26)17(25)23-13-4-7-19(9-13)5-2-1-3-6-19/h8,10-11,13H,1-7,9H2,(H,21,22)(H,23,25)(H,24,26)/t13-/m0/s1. The number of carbonyl (C=O) groups is 2. The van der Waals surface area contributed by atoms with Gasteiger partial charge in [0.2, 0.25) is 0 Å². The van der Waals surface area contributed by atoms with Crippen molar-refractivity contribution in [3.05, 3.63) is 24.3 Å². The normalized spacial score (nSPS) is 21.8. The summed E-state index contributed by atoms with van der Waals surface area (Å²) in [6.07, 6.45) is 12.0. The Balaban J connectivity index is 1.37. The summed E-state index contributed by atoms with van der Waals surface area (Å²) in [4.78, 5) is 31.3. The molecule has 1 spiro atoms. The number of hydrogen-bond donors (Lipinski definition) is 3. The lowest BCUT2D eigenvalue weighted by Gasteiger charge is -2.33. The lowest BCUT2D eigenvalue weighted by atomic mass is 9.73. The molecule has 2 aromatic heterocycles. The van der Waals surface area contributed by atoms with E-state index in [1.54, 1.807) is 0 Å². The molecule has 0 radical (unpaired) electrons. The predicted octanol–water partition coefficient (Wildman–Crippen LogP) is 3.26. The number of nitrogens with one attached hydrogen (secondary N) is 3. The van der Waals surface area contributed by atoms with E-state index in [0.29, 0.717) is 22.1 Å². The molecule has 1 atom stereocenters. The first-order valence-electron chi connectivity index (χ1n) is 9.29. The number of pyridine rings is 1. The first kappa shape index (κ1) is 17.0. The lowest BCUT2D eigenvalue weighted by Crippen LogP contribution is -2.41. The van der Waals surface area contributed by atoms with Crippen molar-refractivity contribution in [3.63, 3.8) is 0 Å². The molecule has 2 aliphatic rings. The zero-order chi connectivity index (χ0) is 18.1. The highest BCUT2D eigenvalue weighted by atomic mass is 19.1. The van der Waals surface area contributed by atoms with E-state index < -0.39 is 17.6 Å². The molecule has 7 heteroatoms. The number of hydrogen-bond acceptors (Lipinski definition) is 3. The minimum atomic E-state index is -0.736. The highest BCUT2D eigenvalue weighted by Crippen LogP contribution is 2.48. The van der Waals surface area contributed by atoms with Gasteiger partial charge in [-0.3, -0.25) is 9.59 Å². The molecular weight excluding hydrogens is 335 g/mol. The molecule has 0 unspecified atom stereocenters. The highest BCUT2D eigenvalue weighted by Gasteiger charge is 2.40. The molecule has 4 rings (SSSR count). The van der Waals surface area contributed by atoms with Gasteiger partial charge in [-0.2, -0.15) is 0 Å². The maximum absolute atomic E-state index is 13.4. The van der Waals surface area contributed by atoms with Crippen molar-refractivity contribution in [1.82, 2.24) is 15.3 Å². The Bertz CT molecular complexity index is 841. The molecule has 6 nitrogen and oxygen atoms in total. The van der Waals surface area contributed by atoms with Gasteiger partial charge in [0, 0.05) is 17.6 Å². The third kappa shape index (κ3) is 3.30. The molecule has 26 heavy (non-hydrogen) atoms. The second kappa shape index (κ2) is 6.70. The first-order valence-corrected chi connectivity index (χ1v) is 9.29. The Morgan fingerprint density at radius 3 is 2.81 bits per heavy atom. The number of nitrogens with zero attached hydrogens (tertiary/aromatic N) is 1. The van der Waals surface area contributed by atoms with Crippen LogP contribution in [-0.4, -0.2) is 27.8 Å². The van der Waals surface area contributed by atoms with Crippen molar-refractivity contribution in [2.45, 2.75) is 57.4 Å². The Labute approximate surface area is 150 Å². The van der Waals surface area contributed by atoms with Crippen molar-refractivity contribution >= 4 is 28.5 Å². The maximum Gasteiger partial charge on any atom is 0.313 e. The van der Waals surface area contributed by atoms with Crippen molar-refractivity contribution in [2.75, 3.05) is 5.32 Å². The third-order valence-electron chi connectivity index (χ3n) is 5.90. The summed E-state index contributed by atoms with van der Waals surface area (Å²) in [6, 6.07) is 1.34.